The van der Waals surface area contributed by atoms with E-state index in [1.807, 2.05) is 0 Å². The van der Waals surface area contributed by atoms with Crippen molar-refractivity contribution in [3.63, 3.8) is 0 Å². The monoisotopic (exact) mass is 434 g/mol. The highest BCUT2D eigenvalue weighted by Crippen LogP contribution is 2.26. The van der Waals surface area contributed by atoms with Crippen molar-refractivity contribution >= 4 is 23.4 Å². The maximum atomic E-state index is 12.9. The molecule has 0 fully saturated rings. The average Bonchev–Trinajstić information content (AvgIpc) is 3.11. The molecule has 1 aromatic heterocycles. The van der Waals surface area contributed by atoms with Crippen molar-refractivity contribution < 1.29 is 22.7 Å². The van der Waals surface area contributed by atoms with Gasteiger partial charge in [-0.3, -0.25) is 9.36 Å². The van der Waals surface area contributed by atoms with Gasteiger partial charge >= 0.3 is 6.61 Å². The van der Waals surface area contributed by atoms with E-state index in [4.69, 9.17) is 0 Å². The van der Waals surface area contributed by atoms with Crippen LogP contribution in [0.3, 0.4) is 0 Å². The number of hydrogen-bond acceptors (Lipinski definition) is 5. The molecule has 0 saturated carbocycles. The van der Waals surface area contributed by atoms with Gasteiger partial charge in [0.15, 0.2) is 11.0 Å². The van der Waals surface area contributed by atoms with Crippen LogP contribution >= 0.6 is 11.8 Å². The van der Waals surface area contributed by atoms with Gasteiger partial charge in [0.2, 0.25) is 5.91 Å². The molecule has 6 nitrogen and oxygen atoms in total. The standard InChI is InChI=1S/C20H17F3N4O2S/c1-2-11-27-18(13-3-9-16(10-4-13)29-19(22)23)25-26-20(27)30-12-17(28)24-15-7-5-14(21)6-8-15/h2-10,19H,1,11-12H2,(H,24,28). The third kappa shape index (κ3) is 5.63. The number of ether oxygens (including phenoxy) is 1. The normalized spacial score (nSPS) is 10.8. The SMILES string of the molecule is C=CCn1c(SCC(=O)Nc2ccc(F)cc2)nnc1-c1ccc(OC(F)F)cc1. The highest BCUT2D eigenvalue weighted by atomic mass is 32.2. The quantitative estimate of drug-likeness (QED) is 0.394. The molecule has 1 amide bonds. The van der Waals surface area contributed by atoms with Crippen molar-refractivity contribution in [3.05, 3.63) is 67.0 Å². The van der Waals surface area contributed by atoms with Gasteiger partial charge in [0, 0.05) is 17.8 Å². The Balaban J connectivity index is 1.70. The van der Waals surface area contributed by atoms with Crippen LogP contribution in [0.4, 0.5) is 18.9 Å². The van der Waals surface area contributed by atoms with Gasteiger partial charge in [-0.05, 0) is 48.5 Å². The van der Waals surface area contributed by atoms with Gasteiger partial charge < -0.3 is 10.1 Å². The Hall–Kier alpha value is -3.27. The maximum absolute atomic E-state index is 12.9. The van der Waals surface area contributed by atoms with Crippen LogP contribution in [0.5, 0.6) is 5.75 Å². The van der Waals surface area contributed by atoms with E-state index in [-0.39, 0.29) is 23.2 Å². The van der Waals surface area contributed by atoms with Crippen molar-refractivity contribution in [2.45, 2.75) is 18.3 Å². The number of carbonyl (C=O) groups excluding carboxylic acids is 1. The molecule has 30 heavy (non-hydrogen) atoms. The molecule has 0 bridgehead atoms. The summed E-state index contributed by atoms with van der Waals surface area (Å²) >= 11 is 1.18. The molecule has 1 heterocycles. The smallest absolute Gasteiger partial charge is 0.387 e. The van der Waals surface area contributed by atoms with Gasteiger partial charge in [-0.15, -0.1) is 16.8 Å². The predicted octanol–water partition coefficient (Wildman–Crippen LogP) is 4.60. The van der Waals surface area contributed by atoms with Crippen molar-refractivity contribution in [1.29, 1.82) is 0 Å². The zero-order valence-corrected chi connectivity index (χ0v) is 16.4. The zero-order chi connectivity index (χ0) is 21.5. The minimum Gasteiger partial charge on any atom is -0.435 e. The van der Waals surface area contributed by atoms with Crippen LogP contribution in [0.25, 0.3) is 11.4 Å². The summed E-state index contributed by atoms with van der Waals surface area (Å²) in [6.45, 7) is 1.21. The van der Waals surface area contributed by atoms with Gasteiger partial charge in [0.25, 0.3) is 0 Å². The fraction of sp³-hybridized carbons (Fsp3) is 0.150. The lowest BCUT2D eigenvalue weighted by Gasteiger charge is -2.09. The van der Waals surface area contributed by atoms with E-state index in [2.05, 4.69) is 26.8 Å². The Bertz CT molecular complexity index is 1010. The zero-order valence-electron chi connectivity index (χ0n) is 15.6. The molecule has 0 spiro atoms. The number of rotatable bonds is 9. The second-order valence-electron chi connectivity index (χ2n) is 5.95. The van der Waals surface area contributed by atoms with Crippen LogP contribution in [0.2, 0.25) is 0 Å². The largest absolute Gasteiger partial charge is 0.435 e. The molecule has 1 N–H and O–H groups in total. The Labute approximate surface area is 174 Å². The molecule has 0 atom stereocenters. The van der Waals surface area contributed by atoms with Gasteiger partial charge in [0.05, 0.1) is 5.75 Å². The molecule has 0 saturated heterocycles. The van der Waals surface area contributed by atoms with Crippen molar-refractivity contribution in [3.8, 4) is 17.1 Å². The molecule has 2 aromatic carbocycles. The fourth-order valence-electron chi connectivity index (χ4n) is 2.55. The Morgan fingerprint density at radius 2 is 1.87 bits per heavy atom. The summed E-state index contributed by atoms with van der Waals surface area (Å²) in [5.41, 5.74) is 1.13. The molecular formula is C20H17F3N4O2S. The van der Waals surface area contributed by atoms with Gasteiger partial charge in [-0.2, -0.15) is 8.78 Å². The lowest BCUT2D eigenvalue weighted by Crippen LogP contribution is -2.14. The van der Waals surface area contributed by atoms with Crippen molar-refractivity contribution in [1.82, 2.24) is 14.8 Å². The van der Waals surface area contributed by atoms with Crippen LogP contribution in [-0.2, 0) is 11.3 Å². The molecule has 3 rings (SSSR count). The molecule has 156 valence electrons. The summed E-state index contributed by atoms with van der Waals surface area (Å²) in [6, 6.07) is 11.5. The number of anilines is 1. The first kappa shape index (κ1) is 21.4. The van der Waals surface area contributed by atoms with Crippen LogP contribution in [0.1, 0.15) is 0 Å². The fourth-order valence-corrected chi connectivity index (χ4v) is 3.30. The molecule has 3 aromatic rings. The number of halogens is 3. The Morgan fingerprint density at radius 3 is 2.50 bits per heavy atom. The lowest BCUT2D eigenvalue weighted by atomic mass is 10.2. The summed E-state index contributed by atoms with van der Waals surface area (Å²) in [4.78, 5) is 12.2. The molecule has 0 aliphatic carbocycles. The number of carbonyl (C=O) groups is 1. The van der Waals surface area contributed by atoms with E-state index in [1.54, 1.807) is 22.8 Å². The molecule has 0 radical (unpaired) electrons. The summed E-state index contributed by atoms with van der Waals surface area (Å²) in [6.07, 6.45) is 1.66. The minimum absolute atomic E-state index is 0.0376. The topological polar surface area (TPSA) is 69.0 Å². The number of nitrogens with zero attached hydrogens (tertiary/aromatic N) is 3. The van der Waals surface area contributed by atoms with E-state index in [9.17, 15) is 18.0 Å². The second kappa shape index (κ2) is 9.97. The number of aromatic nitrogens is 3. The Kier molecular flexibility index (Phi) is 7.12. The lowest BCUT2D eigenvalue weighted by molar-refractivity contribution is -0.113. The molecule has 0 aliphatic rings. The third-order valence-corrected chi connectivity index (χ3v) is 4.79. The van der Waals surface area contributed by atoms with Gasteiger partial charge in [0.1, 0.15) is 11.6 Å². The number of thioether (sulfide) groups is 1. The van der Waals surface area contributed by atoms with Gasteiger partial charge in [-0.1, -0.05) is 17.8 Å². The summed E-state index contributed by atoms with van der Waals surface area (Å²) in [5.74, 6) is -0.0695. The maximum Gasteiger partial charge on any atom is 0.387 e. The number of hydrogen-bond donors (Lipinski definition) is 1. The van der Waals surface area contributed by atoms with Crippen molar-refractivity contribution in [2.24, 2.45) is 0 Å². The summed E-state index contributed by atoms with van der Waals surface area (Å²) in [7, 11) is 0. The predicted molar refractivity (Wildman–Crippen MR) is 108 cm³/mol. The molecular weight excluding hydrogens is 417 g/mol. The van der Waals surface area contributed by atoms with E-state index >= 15 is 0 Å². The van der Waals surface area contributed by atoms with Gasteiger partial charge in [-0.25, -0.2) is 4.39 Å². The van der Waals surface area contributed by atoms with E-state index < -0.39 is 6.61 Å². The highest BCUT2D eigenvalue weighted by Gasteiger charge is 2.15. The number of nitrogens with one attached hydrogen (secondary N) is 1. The molecule has 10 heteroatoms. The van der Waals surface area contributed by atoms with Crippen LogP contribution in [0, 0.1) is 5.82 Å². The minimum atomic E-state index is -2.90. The average molecular weight is 434 g/mol. The first-order valence-electron chi connectivity index (χ1n) is 8.74. The summed E-state index contributed by atoms with van der Waals surface area (Å²) in [5, 5.41) is 11.4. The number of benzene rings is 2. The van der Waals surface area contributed by atoms with Crippen LogP contribution < -0.4 is 10.1 Å². The molecule has 0 unspecified atom stereocenters. The first-order valence-corrected chi connectivity index (χ1v) is 9.72. The number of amides is 1. The summed E-state index contributed by atoms with van der Waals surface area (Å²) < 4.78 is 43.7. The number of allylic oxidation sites excluding steroid dienone is 1. The van der Waals surface area contributed by atoms with E-state index in [0.717, 1.165) is 0 Å². The van der Waals surface area contributed by atoms with Crippen LogP contribution in [0.15, 0.2) is 66.3 Å². The highest BCUT2D eigenvalue weighted by molar-refractivity contribution is 7.99. The van der Waals surface area contributed by atoms with Crippen molar-refractivity contribution in [2.75, 3.05) is 11.1 Å². The van der Waals surface area contributed by atoms with Crippen LogP contribution in [-0.4, -0.2) is 33.0 Å². The third-order valence-electron chi connectivity index (χ3n) is 3.83. The Morgan fingerprint density at radius 1 is 1.17 bits per heavy atom. The number of alkyl halides is 2. The van der Waals surface area contributed by atoms with E-state index in [1.165, 1.54) is 48.2 Å². The second-order valence-corrected chi connectivity index (χ2v) is 6.89. The van der Waals surface area contributed by atoms with E-state index in [0.29, 0.717) is 28.8 Å². The first-order chi connectivity index (χ1) is 14.5. The molecule has 0 aliphatic heterocycles.